The molecule has 0 aromatic rings. The van der Waals surface area contributed by atoms with E-state index >= 15 is 0 Å². The van der Waals surface area contributed by atoms with Gasteiger partial charge in [-0.05, 0) is 25.0 Å². The average Bonchev–Trinajstić information content (AvgIpc) is 1.90. The third-order valence-corrected chi connectivity index (χ3v) is 0.793. The fourth-order valence-corrected chi connectivity index (χ4v) is 0.442. The standard InChI is InChI=1S/C6H7O/c1-2-4-6-7-5-3-1/h3-5H,1-2H2. The summed E-state index contributed by atoms with van der Waals surface area (Å²) in [6.07, 6.45) is 10.3. The van der Waals surface area contributed by atoms with Gasteiger partial charge in [-0.25, -0.2) is 0 Å². The first-order valence-corrected chi connectivity index (χ1v) is 2.38. The average molecular weight is 95.1 g/mol. The molecule has 0 aliphatic carbocycles. The van der Waals surface area contributed by atoms with E-state index in [1.54, 1.807) is 6.26 Å². The van der Waals surface area contributed by atoms with Gasteiger partial charge in [0.25, 0.3) is 0 Å². The van der Waals surface area contributed by atoms with E-state index in [-0.39, 0.29) is 0 Å². The number of rotatable bonds is 0. The van der Waals surface area contributed by atoms with Gasteiger partial charge >= 0.3 is 0 Å². The van der Waals surface area contributed by atoms with Gasteiger partial charge in [0.1, 0.15) is 0 Å². The first-order valence-electron chi connectivity index (χ1n) is 2.38. The van der Waals surface area contributed by atoms with E-state index in [9.17, 15) is 0 Å². The van der Waals surface area contributed by atoms with E-state index in [4.69, 9.17) is 4.74 Å². The first-order chi connectivity index (χ1) is 3.50. The van der Waals surface area contributed by atoms with Gasteiger partial charge in [0.15, 0.2) is 6.26 Å². The van der Waals surface area contributed by atoms with Gasteiger partial charge < -0.3 is 4.74 Å². The van der Waals surface area contributed by atoms with Crippen LogP contribution in [0.15, 0.2) is 18.4 Å². The minimum Gasteiger partial charge on any atom is -0.462 e. The molecule has 0 N–H and O–H groups in total. The van der Waals surface area contributed by atoms with E-state index in [0.717, 1.165) is 12.8 Å². The molecule has 0 spiro atoms. The van der Waals surface area contributed by atoms with Crippen LogP contribution in [0.5, 0.6) is 0 Å². The lowest BCUT2D eigenvalue weighted by Crippen LogP contribution is -1.58. The normalized spacial score (nSPS) is 18.3. The van der Waals surface area contributed by atoms with Crippen LogP contribution in [0.25, 0.3) is 0 Å². The van der Waals surface area contributed by atoms with E-state index in [2.05, 4.69) is 6.26 Å². The van der Waals surface area contributed by atoms with Gasteiger partial charge in [0.05, 0.1) is 6.26 Å². The Morgan fingerprint density at radius 2 is 2.43 bits per heavy atom. The summed E-state index contributed by atoms with van der Waals surface area (Å²) in [5.74, 6) is 0. The summed E-state index contributed by atoms with van der Waals surface area (Å²) in [5.41, 5.74) is 0. The summed E-state index contributed by atoms with van der Waals surface area (Å²) < 4.78 is 4.71. The summed E-state index contributed by atoms with van der Waals surface area (Å²) in [7, 11) is 0. The third kappa shape index (κ3) is 1.44. The zero-order chi connectivity index (χ0) is 4.95. The van der Waals surface area contributed by atoms with Crippen molar-refractivity contribution in [1.29, 1.82) is 0 Å². The second kappa shape index (κ2) is 2.45. The van der Waals surface area contributed by atoms with E-state index < -0.39 is 0 Å². The van der Waals surface area contributed by atoms with E-state index in [1.807, 2.05) is 12.2 Å². The van der Waals surface area contributed by atoms with Crippen LogP contribution >= 0.6 is 0 Å². The fraction of sp³-hybridized carbons (Fsp3) is 0.333. The van der Waals surface area contributed by atoms with Crippen molar-refractivity contribution in [3.63, 3.8) is 0 Å². The lowest BCUT2D eigenvalue weighted by molar-refractivity contribution is 0.376. The number of hydrogen-bond acceptors (Lipinski definition) is 1. The summed E-state index contributed by atoms with van der Waals surface area (Å²) in [5, 5.41) is 0. The van der Waals surface area contributed by atoms with Crippen LogP contribution in [0, 0.1) is 6.26 Å². The minimum absolute atomic E-state index is 1.05. The molecule has 1 radical (unpaired) electrons. The smallest absolute Gasteiger partial charge is 0.164 e. The largest absolute Gasteiger partial charge is 0.462 e. The Hall–Kier alpha value is -0.720. The molecule has 0 fully saturated rings. The Morgan fingerprint density at radius 3 is 3.43 bits per heavy atom. The summed E-state index contributed by atoms with van der Waals surface area (Å²) >= 11 is 0. The molecule has 0 bridgehead atoms. The zero-order valence-corrected chi connectivity index (χ0v) is 4.05. The Balaban J connectivity index is 2.38. The van der Waals surface area contributed by atoms with Crippen LogP contribution in [0.1, 0.15) is 12.8 Å². The molecule has 1 nitrogen and oxygen atoms in total. The minimum atomic E-state index is 1.05. The van der Waals surface area contributed by atoms with Crippen molar-refractivity contribution in [2.75, 3.05) is 0 Å². The van der Waals surface area contributed by atoms with Gasteiger partial charge in [-0.1, -0.05) is 0 Å². The maximum atomic E-state index is 4.71. The van der Waals surface area contributed by atoms with Crippen molar-refractivity contribution in [2.24, 2.45) is 0 Å². The Bertz CT molecular complexity index is 80.4. The molecule has 7 heavy (non-hydrogen) atoms. The van der Waals surface area contributed by atoms with Crippen LogP contribution in [0.4, 0.5) is 0 Å². The third-order valence-electron chi connectivity index (χ3n) is 0.793. The molecule has 1 rings (SSSR count). The van der Waals surface area contributed by atoms with Crippen LogP contribution in [-0.2, 0) is 4.74 Å². The van der Waals surface area contributed by atoms with Crippen LogP contribution in [-0.4, -0.2) is 0 Å². The highest BCUT2D eigenvalue weighted by atomic mass is 16.5. The molecule has 0 amide bonds. The highest BCUT2D eigenvalue weighted by Gasteiger charge is 1.80. The van der Waals surface area contributed by atoms with Gasteiger partial charge in [-0.2, -0.15) is 0 Å². The summed E-state index contributed by atoms with van der Waals surface area (Å²) in [4.78, 5) is 0. The second-order valence-corrected chi connectivity index (χ2v) is 1.39. The number of hydrogen-bond donors (Lipinski definition) is 0. The highest BCUT2D eigenvalue weighted by molar-refractivity contribution is 4.83. The monoisotopic (exact) mass is 95.0 g/mol. The molecule has 0 aromatic heterocycles. The van der Waals surface area contributed by atoms with Crippen molar-refractivity contribution >= 4 is 0 Å². The Labute approximate surface area is 43.3 Å². The van der Waals surface area contributed by atoms with E-state index in [1.165, 1.54) is 0 Å². The predicted octanol–water partition coefficient (Wildman–Crippen LogP) is 1.63. The van der Waals surface area contributed by atoms with Gasteiger partial charge in [-0.3, -0.25) is 0 Å². The maximum absolute atomic E-state index is 4.71. The molecule has 1 aliphatic rings. The molecule has 37 valence electrons. The Morgan fingerprint density at radius 1 is 1.43 bits per heavy atom. The first kappa shape index (κ1) is 4.44. The topological polar surface area (TPSA) is 9.23 Å². The fourth-order valence-electron chi connectivity index (χ4n) is 0.442. The molecule has 0 atom stereocenters. The SMILES string of the molecule is [C]1=CCCC=CO1. The van der Waals surface area contributed by atoms with Crippen molar-refractivity contribution in [3.05, 3.63) is 24.7 Å². The number of ether oxygens (including phenoxy) is 1. The van der Waals surface area contributed by atoms with Gasteiger partial charge in [0, 0.05) is 0 Å². The predicted molar refractivity (Wildman–Crippen MR) is 27.3 cm³/mol. The lowest BCUT2D eigenvalue weighted by atomic mass is 10.3. The van der Waals surface area contributed by atoms with Gasteiger partial charge in [-0.15, -0.1) is 0 Å². The van der Waals surface area contributed by atoms with Crippen molar-refractivity contribution in [3.8, 4) is 0 Å². The van der Waals surface area contributed by atoms with Gasteiger partial charge in [0.2, 0.25) is 0 Å². The van der Waals surface area contributed by atoms with Crippen LogP contribution in [0.3, 0.4) is 0 Å². The summed E-state index contributed by atoms with van der Waals surface area (Å²) in [6.45, 7) is 0. The highest BCUT2D eigenvalue weighted by Crippen LogP contribution is 1.97. The summed E-state index contributed by atoms with van der Waals surface area (Å²) in [6, 6.07) is 0. The quantitative estimate of drug-likeness (QED) is 0.444. The number of allylic oxidation sites excluding steroid dienone is 2. The van der Waals surface area contributed by atoms with E-state index in [0.29, 0.717) is 0 Å². The molecule has 0 saturated heterocycles. The van der Waals surface area contributed by atoms with Crippen molar-refractivity contribution < 1.29 is 4.74 Å². The molecule has 0 saturated carbocycles. The Kier molecular flexibility index (Phi) is 1.56. The van der Waals surface area contributed by atoms with Crippen LogP contribution < -0.4 is 0 Å². The maximum Gasteiger partial charge on any atom is 0.164 e. The molecular weight excluding hydrogens is 88.1 g/mol. The lowest BCUT2D eigenvalue weighted by Gasteiger charge is -1.77. The molecule has 1 heterocycles. The molecule has 0 unspecified atom stereocenters. The zero-order valence-electron chi connectivity index (χ0n) is 4.05. The second-order valence-electron chi connectivity index (χ2n) is 1.39. The van der Waals surface area contributed by atoms with Crippen molar-refractivity contribution in [2.45, 2.75) is 12.8 Å². The molecule has 1 heteroatoms. The molecule has 1 aliphatic heterocycles. The molecular formula is C6H7O. The van der Waals surface area contributed by atoms with Crippen LogP contribution in [0.2, 0.25) is 0 Å². The van der Waals surface area contributed by atoms with Crippen molar-refractivity contribution in [1.82, 2.24) is 0 Å². The molecule has 0 aromatic carbocycles.